The maximum absolute atomic E-state index is 13.9. The number of nitrogens with zero attached hydrogens (tertiary/aromatic N) is 1. The van der Waals surface area contributed by atoms with E-state index < -0.39 is 6.04 Å². The van der Waals surface area contributed by atoms with Crippen molar-refractivity contribution < 1.29 is 19.1 Å². The van der Waals surface area contributed by atoms with Gasteiger partial charge in [-0.2, -0.15) is 11.8 Å². The summed E-state index contributed by atoms with van der Waals surface area (Å²) in [5.41, 5.74) is 0. The highest BCUT2D eigenvalue weighted by Crippen LogP contribution is 2.22. The third-order valence-electron chi connectivity index (χ3n) is 13.4. The van der Waals surface area contributed by atoms with E-state index in [9.17, 15) is 14.4 Å². The van der Waals surface area contributed by atoms with E-state index in [1.807, 2.05) is 0 Å². The molecule has 1 rings (SSSR count). The second-order valence-electron chi connectivity index (χ2n) is 19.3. The molecule has 1 aliphatic heterocycles. The molecular formula is C54H105N3O4S. The Kier molecular flexibility index (Phi) is 42.5. The summed E-state index contributed by atoms with van der Waals surface area (Å²) >= 11 is 1.70. The first-order valence-corrected chi connectivity index (χ1v) is 28.6. The first-order valence-electron chi connectivity index (χ1n) is 27.5. The molecule has 0 aromatic rings. The van der Waals surface area contributed by atoms with E-state index in [4.69, 9.17) is 4.74 Å². The molecule has 0 bridgehead atoms. The van der Waals surface area contributed by atoms with Gasteiger partial charge in [-0.05, 0) is 69.7 Å². The van der Waals surface area contributed by atoms with Crippen molar-refractivity contribution in [2.24, 2.45) is 11.8 Å². The van der Waals surface area contributed by atoms with Crippen LogP contribution in [0.15, 0.2) is 0 Å². The topological polar surface area (TPSA) is 87.7 Å². The zero-order valence-electron chi connectivity index (χ0n) is 41.8. The minimum atomic E-state index is -0.547. The second-order valence-corrected chi connectivity index (χ2v) is 20.5. The van der Waals surface area contributed by atoms with E-state index in [0.29, 0.717) is 37.7 Å². The third kappa shape index (κ3) is 36.0. The first kappa shape index (κ1) is 58.7. The molecule has 0 aromatic heterocycles. The van der Waals surface area contributed by atoms with Crippen LogP contribution in [0.2, 0.25) is 0 Å². The quantitative estimate of drug-likeness (QED) is 0.0468. The average molecular weight is 893 g/mol. The summed E-state index contributed by atoms with van der Waals surface area (Å²) in [4.78, 5) is 42.9. The molecule has 1 aliphatic rings. The smallest absolute Gasteiger partial charge is 0.306 e. The predicted molar refractivity (Wildman–Crippen MR) is 270 cm³/mol. The molecule has 62 heavy (non-hydrogen) atoms. The fourth-order valence-electron chi connectivity index (χ4n) is 9.14. The monoisotopic (exact) mass is 892 g/mol. The molecule has 0 aromatic carbocycles. The molecule has 3 atom stereocenters. The standard InChI is InChI=1S/C54H105N3O4S/c1-5-9-13-17-20-22-23-25-27-31-37-49(36-30-26-24-21-18-14-10-6-2)48-61-52(58)41-47-62-46-40-51(54(60)55-42-45-57-43-34-29-35-44-57)56-53(59)50(38-32-16-12-8-4)39-33-28-19-15-11-7-3/h49-51H,5-48H2,1-4H3,(H,55,60)(H,56,59). The predicted octanol–water partition coefficient (Wildman–Crippen LogP) is 14.9. The summed E-state index contributed by atoms with van der Waals surface area (Å²) in [5.74, 6) is 1.72. The largest absolute Gasteiger partial charge is 0.465 e. The lowest BCUT2D eigenvalue weighted by molar-refractivity contribution is -0.144. The van der Waals surface area contributed by atoms with E-state index >= 15 is 0 Å². The molecule has 2 amide bonds. The summed E-state index contributed by atoms with van der Waals surface area (Å²) in [5, 5.41) is 6.43. The van der Waals surface area contributed by atoms with Gasteiger partial charge in [0, 0.05) is 24.8 Å². The second kappa shape index (κ2) is 44.9. The number of carbonyl (C=O) groups is 3. The third-order valence-corrected chi connectivity index (χ3v) is 14.4. The summed E-state index contributed by atoms with van der Waals surface area (Å²) in [6.45, 7) is 13.3. The maximum Gasteiger partial charge on any atom is 0.306 e. The van der Waals surface area contributed by atoms with Crippen LogP contribution in [0.5, 0.6) is 0 Å². The molecule has 2 N–H and O–H groups in total. The number of likely N-dealkylation sites (tertiary alicyclic amines) is 1. The van der Waals surface area contributed by atoms with Gasteiger partial charge in [0.1, 0.15) is 6.04 Å². The van der Waals surface area contributed by atoms with Crippen LogP contribution >= 0.6 is 11.8 Å². The molecule has 1 heterocycles. The lowest BCUT2D eigenvalue weighted by Gasteiger charge is -2.27. The number of thioether (sulfide) groups is 1. The van der Waals surface area contributed by atoms with Crippen LogP contribution in [0.25, 0.3) is 0 Å². The van der Waals surface area contributed by atoms with Gasteiger partial charge in [-0.25, -0.2) is 0 Å². The van der Waals surface area contributed by atoms with Gasteiger partial charge in [-0.1, -0.05) is 214 Å². The fourth-order valence-corrected chi connectivity index (χ4v) is 10.1. The number of ether oxygens (including phenoxy) is 1. The minimum absolute atomic E-state index is 0.0337. The van der Waals surface area contributed by atoms with Crippen LogP contribution < -0.4 is 10.6 Å². The molecule has 3 unspecified atom stereocenters. The zero-order valence-corrected chi connectivity index (χ0v) is 42.6. The Bertz CT molecular complexity index is 1010. The normalized spacial score (nSPS) is 14.7. The van der Waals surface area contributed by atoms with Crippen molar-refractivity contribution in [3.63, 3.8) is 0 Å². The van der Waals surface area contributed by atoms with Crippen LogP contribution in [0.4, 0.5) is 0 Å². The molecule has 0 radical (unpaired) electrons. The van der Waals surface area contributed by atoms with Crippen LogP contribution in [0.1, 0.15) is 265 Å². The Morgan fingerprint density at radius 3 is 1.44 bits per heavy atom. The van der Waals surface area contributed by atoms with Gasteiger partial charge < -0.3 is 20.3 Å². The number of unbranched alkanes of at least 4 members (excludes halogenated alkanes) is 24. The Balaban J connectivity index is 2.65. The zero-order chi connectivity index (χ0) is 45.0. The Morgan fingerprint density at radius 2 is 0.952 bits per heavy atom. The summed E-state index contributed by atoms with van der Waals surface area (Å²) < 4.78 is 5.94. The van der Waals surface area contributed by atoms with Gasteiger partial charge in [0.2, 0.25) is 11.8 Å². The number of hydrogen-bond donors (Lipinski definition) is 2. The van der Waals surface area contributed by atoms with Gasteiger partial charge in [-0.15, -0.1) is 0 Å². The molecule has 0 spiro atoms. The molecule has 0 saturated carbocycles. The van der Waals surface area contributed by atoms with Crippen molar-refractivity contribution in [1.82, 2.24) is 15.5 Å². The molecule has 1 fully saturated rings. The number of esters is 1. The number of hydrogen-bond acceptors (Lipinski definition) is 6. The van der Waals surface area contributed by atoms with Crippen molar-refractivity contribution >= 4 is 29.5 Å². The molecular weight excluding hydrogens is 787 g/mol. The van der Waals surface area contributed by atoms with E-state index in [1.54, 1.807) is 11.8 Å². The van der Waals surface area contributed by atoms with Crippen LogP contribution in [-0.4, -0.2) is 73.0 Å². The van der Waals surface area contributed by atoms with Crippen molar-refractivity contribution in [2.75, 3.05) is 44.3 Å². The van der Waals surface area contributed by atoms with Crippen LogP contribution in [0, 0.1) is 11.8 Å². The average Bonchev–Trinajstić information content (AvgIpc) is 3.28. The number of piperidine rings is 1. The van der Waals surface area contributed by atoms with Crippen molar-refractivity contribution in [3.8, 4) is 0 Å². The van der Waals surface area contributed by atoms with Crippen LogP contribution in [0.3, 0.4) is 0 Å². The Hall–Kier alpha value is -1.28. The van der Waals surface area contributed by atoms with Gasteiger partial charge >= 0.3 is 5.97 Å². The summed E-state index contributed by atoms with van der Waals surface area (Å²) in [6, 6.07) is -0.547. The minimum Gasteiger partial charge on any atom is -0.465 e. The van der Waals surface area contributed by atoms with E-state index in [1.165, 1.54) is 193 Å². The highest BCUT2D eigenvalue weighted by atomic mass is 32.2. The van der Waals surface area contributed by atoms with Gasteiger partial charge in [-0.3, -0.25) is 14.4 Å². The molecule has 1 saturated heterocycles. The number of carbonyl (C=O) groups excluding carboxylic acids is 3. The lowest BCUT2D eigenvalue weighted by atomic mass is 9.93. The fraction of sp³-hybridized carbons (Fsp3) is 0.944. The van der Waals surface area contributed by atoms with Crippen molar-refractivity contribution in [2.45, 2.75) is 271 Å². The molecule has 7 nitrogen and oxygen atoms in total. The highest BCUT2D eigenvalue weighted by molar-refractivity contribution is 7.99. The maximum atomic E-state index is 13.9. The van der Waals surface area contributed by atoms with Crippen molar-refractivity contribution in [3.05, 3.63) is 0 Å². The van der Waals surface area contributed by atoms with Gasteiger partial charge in [0.05, 0.1) is 13.0 Å². The SMILES string of the molecule is CCCCCCCCCCCCC(CCCCCCCCCC)COC(=O)CCSCCC(NC(=O)C(CCCCCC)CCCCCCCC)C(=O)NCCN1CCCCC1. The first-order chi connectivity index (χ1) is 30.4. The number of nitrogens with one attached hydrogen (secondary N) is 2. The number of amides is 2. The van der Waals surface area contributed by atoms with Gasteiger partial charge in [0.15, 0.2) is 0 Å². The molecule has 366 valence electrons. The summed E-state index contributed by atoms with van der Waals surface area (Å²) in [6.07, 6.45) is 44.9. The molecule has 0 aliphatic carbocycles. The van der Waals surface area contributed by atoms with Crippen molar-refractivity contribution in [1.29, 1.82) is 0 Å². The van der Waals surface area contributed by atoms with E-state index in [0.717, 1.165) is 57.5 Å². The highest BCUT2D eigenvalue weighted by Gasteiger charge is 2.25. The lowest BCUT2D eigenvalue weighted by Crippen LogP contribution is -2.50. The number of rotatable bonds is 46. The molecule has 8 heteroatoms. The Morgan fingerprint density at radius 1 is 0.516 bits per heavy atom. The summed E-state index contributed by atoms with van der Waals surface area (Å²) in [7, 11) is 0. The van der Waals surface area contributed by atoms with E-state index in [-0.39, 0.29) is 23.7 Å². The van der Waals surface area contributed by atoms with E-state index in [2.05, 4.69) is 43.2 Å². The van der Waals surface area contributed by atoms with Gasteiger partial charge in [0.25, 0.3) is 0 Å². The van der Waals surface area contributed by atoms with Crippen LogP contribution in [-0.2, 0) is 19.1 Å². The Labute approximate surface area is 390 Å².